The highest BCUT2D eigenvalue weighted by atomic mass is 32.2. The maximum Gasteiger partial charge on any atom is 0.259 e. The van der Waals surface area contributed by atoms with Gasteiger partial charge in [-0.05, 0) is 30.2 Å². The van der Waals surface area contributed by atoms with E-state index in [1.54, 1.807) is 11.6 Å². The van der Waals surface area contributed by atoms with E-state index in [0.29, 0.717) is 0 Å². The van der Waals surface area contributed by atoms with Crippen LogP contribution in [-0.4, -0.2) is 29.6 Å². The van der Waals surface area contributed by atoms with E-state index in [4.69, 9.17) is 0 Å². The van der Waals surface area contributed by atoms with E-state index < -0.39 is 15.6 Å². The molecule has 0 radical (unpaired) electrons. The molecule has 1 saturated carbocycles. The molecule has 2 aromatic rings. The minimum atomic E-state index is -3.71. The Morgan fingerprint density at radius 2 is 2.33 bits per heavy atom. The number of nitrogens with one attached hydrogen (secondary N) is 1. The van der Waals surface area contributed by atoms with Crippen molar-refractivity contribution in [2.75, 3.05) is 6.54 Å². The van der Waals surface area contributed by atoms with Crippen molar-refractivity contribution in [3.63, 3.8) is 0 Å². The summed E-state index contributed by atoms with van der Waals surface area (Å²) in [5, 5.41) is 12.7. The number of hydrogen-bond donors (Lipinski definition) is 2. The molecule has 0 aliphatic heterocycles. The van der Waals surface area contributed by atoms with Gasteiger partial charge >= 0.3 is 0 Å². The third-order valence-electron chi connectivity index (χ3n) is 3.69. The molecule has 1 aliphatic carbocycles. The van der Waals surface area contributed by atoms with Gasteiger partial charge in [0.1, 0.15) is 5.60 Å². The maximum atomic E-state index is 12.2. The number of sulfonamides is 1. The van der Waals surface area contributed by atoms with Gasteiger partial charge in [0.15, 0.2) is 5.03 Å². The molecule has 8 heteroatoms. The van der Waals surface area contributed by atoms with Crippen molar-refractivity contribution in [2.45, 2.75) is 23.5 Å². The third kappa shape index (κ3) is 2.89. The monoisotopic (exact) mass is 327 g/mol. The zero-order valence-electron chi connectivity index (χ0n) is 11.6. The van der Waals surface area contributed by atoms with Gasteiger partial charge in [-0.1, -0.05) is 6.07 Å². The Hall–Kier alpha value is -1.22. The van der Waals surface area contributed by atoms with E-state index in [-0.39, 0.29) is 17.5 Å². The Morgan fingerprint density at radius 1 is 1.57 bits per heavy atom. The van der Waals surface area contributed by atoms with Crippen LogP contribution < -0.4 is 4.72 Å². The van der Waals surface area contributed by atoms with Gasteiger partial charge in [0.25, 0.3) is 10.0 Å². The van der Waals surface area contributed by atoms with E-state index in [2.05, 4.69) is 9.71 Å². The molecular formula is C13H17N3O3S2. The lowest BCUT2D eigenvalue weighted by Gasteiger charge is -2.27. The Balaban J connectivity index is 1.79. The van der Waals surface area contributed by atoms with E-state index in [0.717, 1.165) is 17.7 Å². The molecule has 1 atom stereocenters. The standard InChI is InChI=1S/C13H17N3O3S2/c1-16-7-12(14-9-16)21(18,19)15-8-13(17,10-4-5-10)11-3-2-6-20-11/h2-3,6-7,9-10,15,17H,4-5,8H2,1H3. The summed E-state index contributed by atoms with van der Waals surface area (Å²) in [4.78, 5) is 4.64. The van der Waals surface area contributed by atoms with Crippen LogP contribution >= 0.6 is 11.3 Å². The highest BCUT2D eigenvalue weighted by Gasteiger charge is 2.46. The van der Waals surface area contributed by atoms with Crippen molar-refractivity contribution in [2.24, 2.45) is 13.0 Å². The number of thiophene rings is 1. The van der Waals surface area contributed by atoms with Crippen LogP contribution in [0.25, 0.3) is 0 Å². The number of nitrogens with zero attached hydrogens (tertiary/aromatic N) is 2. The van der Waals surface area contributed by atoms with Gasteiger partial charge in [0.05, 0.1) is 6.33 Å². The fraction of sp³-hybridized carbons (Fsp3) is 0.462. The molecule has 0 spiro atoms. The van der Waals surface area contributed by atoms with E-state index in [9.17, 15) is 13.5 Å². The Bertz CT molecular complexity index is 720. The highest BCUT2D eigenvalue weighted by Crippen LogP contribution is 2.46. The first-order valence-corrected chi connectivity index (χ1v) is 9.02. The van der Waals surface area contributed by atoms with Gasteiger partial charge in [-0.25, -0.2) is 18.1 Å². The summed E-state index contributed by atoms with van der Waals surface area (Å²) in [7, 11) is -2.00. The van der Waals surface area contributed by atoms with Gasteiger partial charge in [0.2, 0.25) is 0 Å². The lowest BCUT2D eigenvalue weighted by atomic mass is 9.96. The van der Waals surface area contributed by atoms with Crippen LogP contribution in [0.15, 0.2) is 35.1 Å². The van der Waals surface area contributed by atoms with Crippen molar-refractivity contribution in [1.29, 1.82) is 0 Å². The molecule has 2 N–H and O–H groups in total. The number of rotatable bonds is 6. The van der Waals surface area contributed by atoms with Gasteiger partial charge in [-0.15, -0.1) is 11.3 Å². The lowest BCUT2D eigenvalue weighted by Crippen LogP contribution is -2.42. The summed E-state index contributed by atoms with van der Waals surface area (Å²) in [5.74, 6) is 0.114. The number of hydrogen-bond acceptors (Lipinski definition) is 5. The molecule has 1 fully saturated rings. The predicted octanol–water partition coefficient (Wildman–Crippen LogP) is 1.06. The van der Waals surface area contributed by atoms with Crippen molar-refractivity contribution < 1.29 is 13.5 Å². The minimum Gasteiger partial charge on any atom is -0.383 e. The molecule has 0 bridgehead atoms. The van der Waals surface area contributed by atoms with E-state index in [1.165, 1.54) is 23.9 Å². The smallest absolute Gasteiger partial charge is 0.259 e. The molecule has 3 rings (SSSR count). The first-order chi connectivity index (χ1) is 9.92. The van der Waals surface area contributed by atoms with Gasteiger partial charge in [-0.3, -0.25) is 0 Å². The molecular weight excluding hydrogens is 310 g/mol. The van der Waals surface area contributed by atoms with Crippen LogP contribution in [0.3, 0.4) is 0 Å². The predicted molar refractivity (Wildman–Crippen MR) is 79.3 cm³/mol. The largest absolute Gasteiger partial charge is 0.383 e. The Labute approximate surface area is 127 Å². The molecule has 21 heavy (non-hydrogen) atoms. The minimum absolute atomic E-state index is 0.0307. The van der Waals surface area contributed by atoms with Crippen LogP contribution in [0.5, 0.6) is 0 Å². The first kappa shape index (κ1) is 14.7. The average molecular weight is 327 g/mol. The number of imidazole rings is 1. The van der Waals surface area contributed by atoms with Gasteiger partial charge < -0.3 is 9.67 Å². The number of aryl methyl sites for hydroxylation is 1. The van der Waals surface area contributed by atoms with Crippen molar-refractivity contribution in [3.8, 4) is 0 Å². The second kappa shape index (κ2) is 5.20. The van der Waals surface area contributed by atoms with Crippen molar-refractivity contribution >= 4 is 21.4 Å². The SMILES string of the molecule is Cn1cnc(S(=O)(=O)NCC(O)(c2cccs2)C2CC2)c1. The molecule has 2 aromatic heterocycles. The van der Waals surface area contributed by atoms with Gasteiger partial charge in [-0.2, -0.15) is 0 Å². The molecule has 0 amide bonds. The summed E-state index contributed by atoms with van der Waals surface area (Å²) in [6, 6.07) is 3.71. The van der Waals surface area contributed by atoms with Crippen molar-refractivity contribution in [1.82, 2.24) is 14.3 Å². The molecule has 114 valence electrons. The zero-order valence-corrected chi connectivity index (χ0v) is 13.2. The Morgan fingerprint density at radius 3 is 2.86 bits per heavy atom. The fourth-order valence-corrected chi connectivity index (χ4v) is 4.28. The second-order valence-electron chi connectivity index (χ2n) is 5.38. The molecule has 1 aliphatic rings. The average Bonchev–Trinajstić information content (AvgIpc) is 2.97. The lowest BCUT2D eigenvalue weighted by molar-refractivity contribution is 0.0222. The van der Waals surface area contributed by atoms with E-state index in [1.807, 2.05) is 17.5 Å². The summed E-state index contributed by atoms with van der Waals surface area (Å²) >= 11 is 1.44. The zero-order chi connectivity index (χ0) is 15.1. The second-order valence-corrected chi connectivity index (χ2v) is 8.04. The third-order valence-corrected chi connectivity index (χ3v) is 6.01. The molecule has 2 heterocycles. The quantitative estimate of drug-likeness (QED) is 0.831. The Kier molecular flexibility index (Phi) is 3.64. The van der Waals surface area contributed by atoms with Crippen molar-refractivity contribution in [3.05, 3.63) is 34.9 Å². The first-order valence-electron chi connectivity index (χ1n) is 6.66. The van der Waals surface area contributed by atoms with Gasteiger partial charge in [0, 0.05) is 24.7 Å². The summed E-state index contributed by atoms with van der Waals surface area (Å²) in [5.41, 5.74) is -1.13. The van der Waals surface area contributed by atoms with Crippen LogP contribution in [0.4, 0.5) is 0 Å². The summed E-state index contributed by atoms with van der Waals surface area (Å²) < 4.78 is 28.5. The summed E-state index contributed by atoms with van der Waals surface area (Å²) in [6.07, 6.45) is 4.70. The number of aliphatic hydroxyl groups is 1. The highest BCUT2D eigenvalue weighted by molar-refractivity contribution is 7.89. The van der Waals surface area contributed by atoms with E-state index >= 15 is 0 Å². The molecule has 0 aromatic carbocycles. The fourth-order valence-electron chi connectivity index (χ4n) is 2.33. The topological polar surface area (TPSA) is 84.2 Å². The van der Waals surface area contributed by atoms with Crippen LogP contribution in [0.1, 0.15) is 17.7 Å². The van der Waals surface area contributed by atoms with Crippen LogP contribution in [0, 0.1) is 5.92 Å². The molecule has 6 nitrogen and oxygen atoms in total. The van der Waals surface area contributed by atoms with Crippen LogP contribution in [-0.2, 0) is 22.7 Å². The summed E-state index contributed by atoms with van der Waals surface area (Å²) in [6.45, 7) is -0.0307. The molecule has 0 saturated heterocycles. The van der Waals surface area contributed by atoms with Crippen LogP contribution in [0.2, 0.25) is 0 Å². The maximum absolute atomic E-state index is 12.2. The molecule has 1 unspecified atom stereocenters. The number of aromatic nitrogens is 2. The normalized spacial score (nSPS) is 18.6.